The van der Waals surface area contributed by atoms with Gasteiger partial charge in [0.05, 0.1) is 13.7 Å². The second-order valence-corrected chi connectivity index (χ2v) is 13.6. The molecule has 61 heavy (non-hydrogen) atoms. The molecule has 0 spiro atoms. The van der Waals surface area contributed by atoms with E-state index in [1.807, 2.05) is 0 Å². The van der Waals surface area contributed by atoms with Crippen LogP contribution in [0.5, 0.6) is 0 Å². The number of alkyl carbamates (subject to hydrolysis) is 1. The number of rotatable bonds is 18. The maximum atomic E-state index is 12.8. The molecule has 3 amide bonds. The zero-order valence-electron chi connectivity index (χ0n) is 34.7. The first-order valence-corrected chi connectivity index (χ1v) is 18.7. The number of ether oxygens (including phenoxy) is 11. The van der Waals surface area contributed by atoms with Gasteiger partial charge in [-0.3, -0.25) is 33.6 Å². The number of benzene rings is 1. The Balaban J connectivity index is 2.07. The number of amides is 3. The highest BCUT2D eigenvalue weighted by Gasteiger charge is 2.56. The molecule has 0 unspecified atom stereocenters. The normalized spacial score (nSPS) is 26.2. The summed E-state index contributed by atoms with van der Waals surface area (Å²) in [4.78, 5) is 112. The Morgan fingerprint density at radius 1 is 0.607 bits per heavy atom. The highest BCUT2D eigenvalue weighted by molar-refractivity contribution is 5.81. The third-order valence-electron chi connectivity index (χ3n) is 8.55. The lowest BCUT2D eigenvalue weighted by Crippen LogP contribution is -2.70. The van der Waals surface area contributed by atoms with Crippen molar-refractivity contribution in [2.24, 2.45) is 0 Å². The Morgan fingerprint density at radius 2 is 1.08 bits per heavy atom. The molecule has 1 aromatic carbocycles. The Kier molecular flexibility index (Phi) is 19.3. The number of nitrogens with one attached hydrogen (secondary N) is 3. The van der Waals surface area contributed by atoms with Crippen LogP contribution in [0.25, 0.3) is 0 Å². The van der Waals surface area contributed by atoms with Gasteiger partial charge in [-0.15, -0.1) is 0 Å². The molecule has 2 heterocycles. The van der Waals surface area contributed by atoms with Gasteiger partial charge in [0.15, 0.2) is 36.9 Å². The van der Waals surface area contributed by atoms with Gasteiger partial charge in [0.25, 0.3) is 0 Å². The minimum atomic E-state index is -1.77. The van der Waals surface area contributed by atoms with Crippen LogP contribution in [0.15, 0.2) is 30.3 Å². The highest BCUT2D eigenvalue weighted by atomic mass is 16.7. The lowest BCUT2D eigenvalue weighted by Gasteiger charge is -2.49. The molecule has 2 aliphatic heterocycles. The van der Waals surface area contributed by atoms with Crippen LogP contribution < -0.4 is 16.0 Å². The van der Waals surface area contributed by atoms with E-state index in [1.165, 1.54) is 0 Å². The molecule has 338 valence electrons. The van der Waals surface area contributed by atoms with Gasteiger partial charge < -0.3 is 68.1 Å². The van der Waals surface area contributed by atoms with Crippen molar-refractivity contribution in [3.63, 3.8) is 0 Å². The van der Waals surface area contributed by atoms with Gasteiger partial charge in [-0.05, 0) is 5.56 Å². The first kappa shape index (κ1) is 49.5. The van der Waals surface area contributed by atoms with E-state index in [0.29, 0.717) is 5.56 Å². The SMILES string of the molecule is COC(=O)[C@H](CO[C@@H]1O[C@H](COC(C)=O)[C@@H](O[C@@H]2O[C@H](COC(C)=O)[C@@H](OC(C)=O)[C@H](OC(C)=O)[C@H]2NC(C)=O)[C@H](OC(C)=O)[C@H]1NC(C)=O)NC(=O)OCc1ccccc1. The molecule has 2 saturated heterocycles. The van der Waals surface area contributed by atoms with Crippen molar-refractivity contribution in [1.29, 1.82) is 0 Å². The van der Waals surface area contributed by atoms with Gasteiger partial charge in [0.1, 0.15) is 50.2 Å². The predicted octanol–water partition coefficient (Wildman–Crippen LogP) is -0.763. The Bertz CT molecular complexity index is 1730. The fourth-order valence-corrected chi connectivity index (χ4v) is 6.23. The molecule has 0 radical (unpaired) electrons. The van der Waals surface area contributed by atoms with Crippen molar-refractivity contribution >= 4 is 53.7 Å². The second-order valence-electron chi connectivity index (χ2n) is 13.6. The third-order valence-corrected chi connectivity index (χ3v) is 8.55. The fraction of sp³-hybridized carbons (Fsp3) is 0.605. The van der Waals surface area contributed by atoms with Gasteiger partial charge in [-0.2, -0.15) is 0 Å². The van der Waals surface area contributed by atoms with Gasteiger partial charge in [0.2, 0.25) is 11.8 Å². The number of carbonyl (C=O) groups excluding carboxylic acids is 9. The molecule has 23 heteroatoms. The van der Waals surface area contributed by atoms with Gasteiger partial charge in [0, 0.05) is 48.5 Å². The van der Waals surface area contributed by atoms with Crippen molar-refractivity contribution in [2.75, 3.05) is 26.9 Å². The predicted molar refractivity (Wildman–Crippen MR) is 199 cm³/mol. The zero-order valence-corrected chi connectivity index (χ0v) is 34.7. The molecule has 11 atom stereocenters. The van der Waals surface area contributed by atoms with Gasteiger partial charge in [-0.1, -0.05) is 30.3 Å². The summed E-state index contributed by atoms with van der Waals surface area (Å²) < 4.78 is 61.8. The van der Waals surface area contributed by atoms with E-state index in [2.05, 4.69) is 16.0 Å². The third kappa shape index (κ3) is 15.9. The van der Waals surface area contributed by atoms with E-state index < -0.39 is 141 Å². The van der Waals surface area contributed by atoms with Crippen LogP contribution in [0.4, 0.5) is 4.79 Å². The molecule has 23 nitrogen and oxygen atoms in total. The van der Waals surface area contributed by atoms with Gasteiger partial charge >= 0.3 is 41.9 Å². The first-order valence-electron chi connectivity index (χ1n) is 18.7. The maximum absolute atomic E-state index is 12.8. The van der Waals surface area contributed by atoms with E-state index in [1.54, 1.807) is 30.3 Å². The highest BCUT2D eigenvalue weighted by Crippen LogP contribution is 2.34. The number of carbonyl (C=O) groups is 9. The summed E-state index contributed by atoms with van der Waals surface area (Å²) in [6.45, 7) is 5.42. The Hall–Kier alpha value is -5.91. The molecule has 1 aromatic rings. The Morgan fingerprint density at radius 3 is 1.57 bits per heavy atom. The number of esters is 6. The number of hydrogen-bond donors (Lipinski definition) is 3. The lowest BCUT2D eigenvalue weighted by molar-refractivity contribution is -0.334. The van der Waals surface area contributed by atoms with Crippen LogP contribution >= 0.6 is 0 Å². The molecular weight excluding hydrogens is 818 g/mol. The summed E-state index contributed by atoms with van der Waals surface area (Å²) in [5, 5.41) is 7.43. The molecular formula is C38H51N3O20. The topological polar surface area (TPSA) is 291 Å². The maximum Gasteiger partial charge on any atom is 0.408 e. The quantitative estimate of drug-likeness (QED) is 0.121. The minimum absolute atomic E-state index is 0.148. The van der Waals surface area contributed by atoms with Crippen LogP contribution in [0.3, 0.4) is 0 Å². The summed E-state index contributed by atoms with van der Waals surface area (Å²) in [5.41, 5.74) is 0.650. The second kappa shape index (κ2) is 23.8. The van der Waals surface area contributed by atoms with Crippen molar-refractivity contribution < 1.29 is 95.3 Å². The largest absolute Gasteiger partial charge is 0.467 e. The standard InChI is InChI=1S/C38H51N3O20/c1-18(42)39-29-33(57-23(6)47)32(61-37-30(40-19(2)43)34(58-24(7)48)31(56-22(5)46)27(60-37)16-52-20(3)44)28(17-53-21(4)45)59-36(29)54-15-26(35(49)51-8)41-38(50)55-14-25-12-10-9-11-13-25/h9-13,26-34,36-37H,14-17H2,1-8H3,(H,39,42)(H,40,43)(H,41,50)/t26-,27+,28+,29+,30+,31+,32+,33+,34+,36+,37-/m0/s1. The summed E-state index contributed by atoms with van der Waals surface area (Å²) in [6, 6.07) is 4.09. The van der Waals surface area contributed by atoms with E-state index >= 15 is 0 Å². The van der Waals surface area contributed by atoms with E-state index in [-0.39, 0.29) is 6.61 Å². The van der Waals surface area contributed by atoms with Crippen LogP contribution in [0, 0.1) is 0 Å². The van der Waals surface area contributed by atoms with Crippen molar-refractivity contribution in [3.8, 4) is 0 Å². The monoisotopic (exact) mass is 869 g/mol. The lowest BCUT2D eigenvalue weighted by atomic mass is 9.94. The molecule has 3 rings (SSSR count). The van der Waals surface area contributed by atoms with Crippen LogP contribution in [0.2, 0.25) is 0 Å². The van der Waals surface area contributed by atoms with Crippen LogP contribution in [-0.4, -0.2) is 148 Å². The average Bonchev–Trinajstić information content (AvgIpc) is 3.17. The molecule has 0 aromatic heterocycles. The summed E-state index contributed by atoms with van der Waals surface area (Å²) in [7, 11) is 1.05. The van der Waals surface area contributed by atoms with Crippen LogP contribution in [-0.2, 0) is 97.1 Å². The summed E-state index contributed by atoms with van der Waals surface area (Å²) in [6.07, 6.45) is -13.8. The van der Waals surface area contributed by atoms with E-state index in [4.69, 9.17) is 52.1 Å². The average molecular weight is 870 g/mol. The fourth-order valence-electron chi connectivity index (χ4n) is 6.23. The number of hydrogen-bond acceptors (Lipinski definition) is 20. The van der Waals surface area contributed by atoms with E-state index in [0.717, 1.165) is 55.6 Å². The molecule has 0 saturated carbocycles. The Labute approximate surface area is 349 Å². The summed E-state index contributed by atoms with van der Waals surface area (Å²) in [5.74, 6) is -6.68. The van der Waals surface area contributed by atoms with Gasteiger partial charge in [-0.25, -0.2) is 9.59 Å². The van der Waals surface area contributed by atoms with Crippen molar-refractivity contribution in [3.05, 3.63) is 35.9 Å². The number of methoxy groups -OCH3 is 1. The molecule has 2 aliphatic rings. The molecule has 0 bridgehead atoms. The minimum Gasteiger partial charge on any atom is -0.467 e. The smallest absolute Gasteiger partial charge is 0.408 e. The van der Waals surface area contributed by atoms with Crippen LogP contribution in [0.1, 0.15) is 54.0 Å². The van der Waals surface area contributed by atoms with E-state index in [9.17, 15) is 43.2 Å². The van der Waals surface area contributed by atoms with Crippen molar-refractivity contribution in [1.82, 2.24) is 16.0 Å². The first-order chi connectivity index (χ1) is 28.8. The zero-order chi connectivity index (χ0) is 45.4. The van der Waals surface area contributed by atoms with Crippen molar-refractivity contribution in [2.45, 2.75) is 122 Å². The molecule has 0 aliphatic carbocycles. The summed E-state index contributed by atoms with van der Waals surface area (Å²) >= 11 is 0. The molecule has 3 N–H and O–H groups in total. The molecule has 2 fully saturated rings.